The lowest BCUT2D eigenvalue weighted by atomic mass is 9.87. The number of urea groups is 1. The number of carbonyl (C=O) groups is 4. The fourth-order valence-corrected chi connectivity index (χ4v) is 5.86. The fourth-order valence-electron chi connectivity index (χ4n) is 5.86. The van der Waals surface area contributed by atoms with Gasteiger partial charge in [-0.3, -0.25) is 24.3 Å². The molecule has 2 aliphatic heterocycles. The lowest BCUT2D eigenvalue weighted by Gasteiger charge is -2.45. The van der Waals surface area contributed by atoms with Crippen LogP contribution in [0.5, 0.6) is 0 Å². The second-order valence-electron chi connectivity index (χ2n) is 11.0. The monoisotopic (exact) mass is 645 g/mol. The van der Waals surface area contributed by atoms with Crippen LogP contribution in [0.2, 0.25) is 0 Å². The average Bonchev–Trinajstić information content (AvgIpc) is 3.20. The van der Waals surface area contributed by atoms with Crippen LogP contribution in [0.1, 0.15) is 33.1 Å². The third-order valence-corrected chi connectivity index (χ3v) is 7.97. The molecule has 2 N–H and O–H groups in total. The molecule has 2 atom stereocenters. The van der Waals surface area contributed by atoms with E-state index in [0.29, 0.717) is 11.8 Å². The van der Waals surface area contributed by atoms with Gasteiger partial charge < -0.3 is 20.3 Å². The average molecular weight is 646 g/mol. The Morgan fingerprint density at radius 1 is 1.02 bits per heavy atom. The zero-order valence-corrected chi connectivity index (χ0v) is 24.2. The second-order valence-corrected chi connectivity index (χ2v) is 11.0. The van der Waals surface area contributed by atoms with Crippen molar-refractivity contribution in [3.63, 3.8) is 0 Å². The lowest BCUT2D eigenvalue weighted by Crippen LogP contribution is -2.65. The molecule has 2 unspecified atom stereocenters. The van der Waals surface area contributed by atoms with Gasteiger partial charge in [-0.1, -0.05) is 30.3 Å². The zero-order valence-electron chi connectivity index (χ0n) is 24.2. The summed E-state index contributed by atoms with van der Waals surface area (Å²) in [5.74, 6) is -5.58. The predicted molar refractivity (Wildman–Crippen MR) is 151 cm³/mol. The molecule has 0 bridgehead atoms. The van der Waals surface area contributed by atoms with Gasteiger partial charge in [0.2, 0.25) is 11.8 Å². The third kappa shape index (κ3) is 6.54. The number of nitrogens with two attached hydrogens (primary N) is 1. The SMILES string of the molecule is NC(=O)c1ccccc1C(COCc1ccc(F)cc1F)C(=O)N1CCN2C(=O)N(CC(F)(F)F)C(=O)C2(Cc2ccccn2)C1. The maximum absolute atomic E-state index is 14.3. The highest BCUT2D eigenvalue weighted by molar-refractivity contribution is 6.08. The minimum absolute atomic E-state index is 0.00136. The summed E-state index contributed by atoms with van der Waals surface area (Å²) in [6, 6.07) is 12.5. The number of primary amides is 1. The molecular weight excluding hydrogens is 617 g/mol. The molecule has 0 spiro atoms. The van der Waals surface area contributed by atoms with Crippen molar-refractivity contribution in [1.82, 2.24) is 19.7 Å². The molecule has 2 aromatic carbocycles. The van der Waals surface area contributed by atoms with E-state index in [2.05, 4.69) is 4.98 Å². The van der Waals surface area contributed by atoms with Gasteiger partial charge in [-0.25, -0.2) is 13.6 Å². The fraction of sp³-hybridized carbons (Fsp3) is 0.323. The molecule has 1 aromatic heterocycles. The van der Waals surface area contributed by atoms with Gasteiger partial charge in [0.05, 0.1) is 25.7 Å². The maximum Gasteiger partial charge on any atom is 0.406 e. The Bertz CT molecular complexity index is 1660. The van der Waals surface area contributed by atoms with E-state index in [1.165, 1.54) is 35.4 Å². The van der Waals surface area contributed by atoms with Crippen LogP contribution >= 0.6 is 0 Å². The van der Waals surface area contributed by atoms with E-state index in [-0.39, 0.29) is 47.7 Å². The molecule has 46 heavy (non-hydrogen) atoms. The first kappa shape index (κ1) is 32.5. The number of imide groups is 1. The smallest absolute Gasteiger partial charge is 0.375 e. The van der Waals surface area contributed by atoms with Gasteiger partial charge >= 0.3 is 12.2 Å². The first-order valence-electron chi connectivity index (χ1n) is 14.1. The molecule has 0 radical (unpaired) electrons. The number of hydrogen-bond donors (Lipinski definition) is 1. The number of ether oxygens (including phenoxy) is 1. The number of piperazine rings is 1. The van der Waals surface area contributed by atoms with Gasteiger partial charge in [-0.05, 0) is 29.8 Å². The summed E-state index contributed by atoms with van der Waals surface area (Å²) in [7, 11) is 0. The third-order valence-electron chi connectivity index (χ3n) is 7.97. The normalized spacial score (nSPS) is 18.9. The van der Waals surface area contributed by atoms with Crippen LogP contribution in [-0.2, 0) is 27.4 Å². The molecule has 2 fully saturated rings. The number of rotatable bonds is 10. The number of benzene rings is 2. The largest absolute Gasteiger partial charge is 0.406 e. The van der Waals surface area contributed by atoms with Crippen LogP contribution in [0.25, 0.3) is 0 Å². The van der Waals surface area contributed by atoms with Gasteiger partial charge in [0.25, 0.3) is 5.91 Å². The van der Waals surface area contributed by atoms with E-state index in [0.717, 1.165) is 11.0 Å². The highest BCUT2D eigenvalue weighted by atomic mass is 19.4. The number of amides is 5. The zero-order chi connectivity index (χ0) is 33.2. The van der Waals surface area contributed by atoms with Crippen molar-refractivity contribution in [2.45, 2.75) is 30.7 Å². The lowest BCUT2D eigenvalue weighted by molar-refractivity contribution is -0.157. The summed E-state index contributed by atoms with van der Waals surface area (Å²) in [4.78, 5) is 60.1. The Kier molecular flexibility index (Phi) is 9.06. The number of carbonyl (C=O) groups excluding carboxylic acids is 4. The molecule has 242 valence electrons. The molecule has 15 heteroatoms. The quantitative estimate of drug-likeness (QED) is 0.266. The molecule has 10 nitrogen and oxygen atoms in total. The predicted octanol–water partition coefficient (Wildman–Crippen LogP) is 3.41. The minimum Gasteiger partial charge on any atom is -0.375 e. The number of pyridine rings is 1. The van der Waals surface area contributed by atoms with E-state index < -0.39 is 72.7 Å². The van der Waals surface area contributed by atoms with Crippen molar-refractivity contribution < 1.29 is 45.9 Å². The van der Waals surface area contributed by atoms with Crippen LogP contribution in [0.3, 0.4) is 0 Å². The molecule has 3 heterocycles. The highest BCUT2D eigenvalue weighted by Crippen LogP contribution is 2.37. The molecular formula is C31H28F5N5O5. The Labute approximate surface area is 259 Å². The van der Waals surface area contributed by atoms with Crippen molar-refractivity contribution in [2.24, 2.45) is 5.73 Å². The molecule has 2 aliphatic rings. The van der Waals surface area contributed by atoms with Crippen LogP contribution in [0.4, 0.5) is 26.7 Å². The second kappa shape index (κ2) is 12.8. The summed E-state index contributed by atoms with van der Waals surface area (Å²) in [5, 5.41) is 0. The van der Waals surface area contributed by atoms with Crippen molar-refractivity contribution in [3.05, 3.63) is 101 Å². The molecule has 0 saturated carbocycles. The Balaban J connectivity index is 1.48. The van der Waals surface area contributed by atoms with Crippen molar-refractivity contribution >= 4 is 23.8 Å². The maximum atomic E-state index is 14.3. The van der Waals surface area contributed by atoms with Gasteiger partial charge in [-0.15, -0.1) is 0 Å². The summed E-state index contributed by atoms with van der Waals surface area (Å²) < 4.78 is 73.6. The van der Waals surface area contributed by atoms with E-state index in [1.54, 1.807) is 24.3 Å². The number of aromatic nitrogens is 1. The molecule has 5 amide bonds. The molecule has 2 saturated heterocycles. The number of halogens is 5. The standard InChI is InChI=1S/C31H28F5N5O5/c32-20-9-8-19(25(33)13-20)15-46-16-24(22-6-1-2-7-23(22)26(37)42)27(43)39-11-12-41-29(45)40(18-31(34,35)36)28(44)30(41,17-39)14-21-5-3-4-10-38-21/h1-10,13,24H,11-12,14-18H2,(H2,37,42). The van der Waals surface area contributed by atoms with Crippen LogP contribution in [-0.4, -0.2) is 87.9 Å². The summed E-state index contributed by atoms with van der Waals surface area (Å²) in [5.41, 5.74) is 4.12. The summed E-state index contributed by atoms with van der Waals surface area (Å²) in [6.07, 6.45) is -3.72. The summed E-state index contributed by atoms with van der Waals surface area (Å²) >= 11 is 0. The van der Waals surface area contributed by atoms with Gasteiger partial charge in [0, 0.05) is 48.6 Å². The number of fused-ring (bicyclic) bond motifs is 1. The first-order valence-corrected chi connectivity index (χ1v) is 14.1. The van der Waals surface area contributed by atoms with Crippen LogP contribution < -0.4 is 5.73 Å². The Morgan fingerprint density at radius 2 is 1.76 bits per heavy atom. The molecule has 0 aliphatic carbocycles. The first-order chi connectivity index (χ1) is 21.8. The summed E-state index contributed by atoms with van der Waals surface area (Å²) in [6.45, 7) is -3.51. The van der Waals surface area contributed by atoms with Crippen molar-refractivity contribution in [2.75, 3.05) is 32.8 Å². The number of hydrogen-bond acceptors (Lipinski definition) is 6. The number of nitrogens with zero attached hydrogens (tertiary/aromatic N) is 4. The van der Waals surface area contributed by atoms with Gasteiger partial charge in [-0.2, -0.15) is 13.2 Å². The molecule has 3 aromatic rings. The van der Waals surface area contributed by atoms with Crippen molar-refractivity contribution in [1.29, 1.82) is 0 Å². The van der Waals surface area contributed by atoms with Crippen LogP contribution in [0, 0.1) is 11.6 Å². The van der Waals surface area contributed by atoms with E-state index >= 15 is 0 Å². The van der Waals surface area contributed by atoms with Crippen LogP contribution in [0.15, 0.2) is 66.9 Å². The topological polar surface area (TPSA) is 126 Å². The van der Waals surface area contributed by atoms with Crippen molar-refractivity contribution in [3.8, 4) is 0 Å². The van der Waals surface area contributed by atoms with Gasteiger partial charge in [0.15, 0.2) is 0 Å². The van der Waals surface area contributed by atoms with Gasteiger partial charge in [0.1, 0.15) is 23.7 Å². The van der Waals surface area contributed by atoms with E-state index in [4.69, 9.17) is 10.5 Å². The highest BCUT2D eigenvalue weighted by Gasteiger charge is 2.61. The number of alkyl halides is 3. The Hall–Kier alpha value is -4.92. The van der Waals surface area contributed by atoms with E-state index in [1.807, 2.05) is 0 Å². The van der Waals surface area contributed by atoms with E-state index in [9.17, 15) is 41.1 Å². The minimum atomic E-state index is -4.87. The Morgan fingerprint density at radius 3 is 2.43 bits per heavy atom. The molecule has 5 rings (SSSR count).